The maximum atomic E-state index is 12.6. The van der Waals surface area contributed by atoms with Crippen LogP contribution >= 0.6 is 0 Å². The summed E-state index contributed by atoms with van der Waals surface area (Å²) in [4.78, 5) is 87.3. The first-order valence-corrected chi connectivity index (χ1v) is 66.6. The second-order valence-corrected chi connectivity index (χ2v) is 68.8. The summed E-state index contributed by atoms with van der Waals surface area (Å²) in [5.74, 6) is -2.92. The van der Waals surface area contributed by atoms with Gasteiger partial charge in [0.25, 0.3) is 6.26 Å². The van der Waals surface area contributed by atoms with Crippen molar-refractivity contribution in [2.24, 2.45) is 37.1 Å². The Kier molecular flexibility index (Phi) is 69.6. The van der Waals surface area contributed by atoms with E-state index < -0.39 is 91.4 Å². The van der Waals surface area contributed by atoms with E-state index in [1.807, 2.05) is 13.8 Å². The lowest BCUT2D eigenvalue weighted by atomic mass is 9.61. The number of aliphatic imine (C=N–C) groups is 2. The van der Waals surface area contributed by atoms with Crippen molar-refractivity contribution in [1.29, 1.82) is 5.26 Å². The topological polar surface area (TPSA) is 371 Å². The van der Waals surface area contributed by atoms with E-state index >= 15 is 0 Å². The molecule has 35 heteroatoms. The van der Waals surface area contributed by atoms with E-state index in [1.54, 1.807) is 32.3 Å². The number of aliphatic hydroxyl groups is 2. The summed E-state index contributed by atoms with van der Waals surface area (Å²) in [5.41, 5.74) is 0.391. The molecule has 0 aromatic rings. The van der Waals surface area contributed by atoms with Crippen LogP contribution in [0.25, 0.3) is 0 Å². The summed E-state index contributed by atoms with van der Waals surface area (Å²) < 4.78 is 86.0. The molecule has 6 unspecified atom stereocenters. The quantitative estimate of drug-likeness (QED) is 0.00506. The van der Waals surface area contributed by atoms with Gasteiger partial charge in [-0.1, -0.05) is 143 Å². The molecule has 4 N–H and O–H groups in total. The molecule has 0 spiro atoms. The molecule has 0 radical (unpaired) electrons. The van der Waals surface area contributed by atoms with Gasteiger partial charge in [0, 0.05) is 49.5 Å². The standard InChI is InChI=1S/C35H67NO9Si2.C28H56N2O6Si2.C16H38O4Si2.C10H14N2O2.C6H10O3.3CH4/c1-13-14-23-46(9,10)44-34(6,7)45-47(11,12)24-15-18-40-19-20-43-32(39)36-29-25-33(4,5)27-35(8,26-29)17-16-30(37)41-21-22-42-31(38)28(2)3;1-11-12-17-37(7,8)35-27(4,5)36-38(9,10)18-13-14-33-15-16-34-25(32)30-24-19-26(2,3)21-28(6,20-24)22-29-23-31;1-8-9-14-21(4,5)19-16(2,3)20-22(6,7)15-10-12-18-13-11-17;1-10(6-12-8-13)4-2-3-9(5-10)14-7-11;1-5(2)6(8)9-4-3-7;;;/h29H,2,13-27H2,1,3-12H3,(H,36,39);24H,11-22H2,1-10H3,(H,30,32);17H,8-15H2,1-7H3;9H,2-6H2,1H3;7H,1,3-4H2,2H3;3*1H4. The Labute approximate surface area is 815 Å². The van der Waals surface area contributed by atoms with Gasteiger partial charge in [-0.25, -0.2) is 38.8 Å². The van der Waals surface area contributed by atoms with Gasteiger partial charge >= 0.3 is 30.1 Å². The van der Waals surface area contributed by atoms with Crippen LogP contribution in [0.3, 0.4) is 0 Å². The lowest BCUT2D eigenvalue weighted by Crippen LogP contribution is -2.48. The van der Waals surface area contributed by atoms with Gasteiger partial charge in [0.2, 0.25) is 12.2 Å². The van der Waals surface area contributed by atoms with Crippen molar-refractivity contribution in [1.82, 2.24) is 10.6 Å². The minimum atomic E-state index is -1.96. The number of hydrogen-bond donors (Lipinski definition) is 4. The number of amides is 2. The number of esters is 3. The number of carbonyl (C=O) groups excluding carboxylic acids is 7. The molecule has 3 saturated carbocycles. The first-order valence-electron chi connectivity index (χ1n) is 47.9. The number of isocyanates is 2. The van der Waals surface area contributed by atoms with Crippen molar-refractivity contribution >= 4 is 92.2 Å². The van der Waals surface area contributed by atoms with E-state index in [4.69, 9.17) is 79.9 Å². The van der Waals surface area contributed by atoms with Gasteiger partial charge in [-0.15, -0.1) is 0 Å². The number of aliphatic hydroxyl groups excluding tert-OH is 2. The molecule has 0 aromatic heterocycles. The number of nitrogens with one attached hydrogen (secondary N) is 2. The summed E-state index contributed by atoms with van der Waals surface area (Å²) in [5, 5.41) is 31.3. The average molecular weight is 2000 g/mol. The van der Waals surface area contributed by atoms with Crippen molar-refractivity contribution in [3.8, 4) is 6.26 Å². The number of nitriles is 1. The van der Waals surface area contributed by atoms with Gasteiger partial charge in [-0.05, 0) is 287 Å². The molecule has 0 aliphatic heterocycles. The number of hydrogen-bond acceptors (Lipinski definition) is 27. The number of unbranched alkanes of at least 4 members (excludes halogenated alkanes) is 3. The van der Waals surface area contributed by atoms with Crippen LogP contribution in [-0.4, -0.2) is 237 Å². The predicted octanol–water partition coefficient (Wildman–Crippen LogP) is 23.3. The van der Waals surface area contributed by atoms with Gasteiger partial charge in [0.1, 0.15) is 56.5 Å². The zero-order valence-corrected chi connectivity index (χ0v) is 93.1. The van der Waals surface area contributed by atoms with Crippen LogP contribution in [0, 0.1) is 38.6 Å². The van der Waals surface area contributed by atoms with Crippen molar-refractivity contribution in [2.45, 2.75) is 432 Å². The Balaban J connectivity index is -0.000000562. The van der Waals surface area contributed by atoms with Crippen LogP contribution in [-0.2, 0) is 93.2 Å². The summed E-state index contributed by atoms with van der Waals surface area (Å²) in [7, 11) is -10.8. The van der Waals surface area contributed by atoms with Crippen LogP contribution in [0.4, 0.5) is 9.59 Å². The van der Waals surface area contributed by atoms with E-state index in [9.17, 15) is 33.6 Å². The molecule has 2 amide bonds. The highest BCUT2D eigenvalue weighted by Gasteiger charge is 2.46. The molecule has 3 fully saturated rings. The minimum Gasteiger partial charge on any atom is -0.462 e. The van der Waals surface area contributed by atoms with Crippen LogP contribution in [0.5, 0.6) is 0 Å². The highest BCUT2D eigenvalue weighted by Crippen LogP contribution is 2.50. The lowest BCUT2D eigenvalue weighted by Gasteiger charge is -2.46. The number of ether oxygens (including phenoxy) is 9. The number of carbonyl (C=O) groups is 5. The zero-order valence-electron chi connectivity index (χ0n) is 87.1. The van der Waals surface area contributed by atoms with Crippen LogP contribution in [0.1, 0.15) is 282 Å². The monoisotopic (exact) mass is 2000 g/mol. The Morgan fingerprint density at radius 2 is 0.752 bits per heavy atom. The first-order chi connectivity index (χ1) is 59.9. The van der Waals surface area contributed by atoms with Gasteiger partial charge in [-0.3, -0.25) is 4.79 Å². The normalized spacial score (nSPS) is 19.5. The van der Waals surface area contributed by atoms with Crippen molar-refractivity contribution in [3.63, 3.8) is 0 Å². The fourth-order valence-electron chi connectivity index (χ4n) is 18.4. The predicted molar refractivity (Wildman–Crippen MR) is 551 cm³/mol. The van der Waals surface area contributed by atoms with Gasteiger partial charge in [0.05, 0.1) is 46.1 Å². The highest BCUT2D eigenvalue weighted by molar-refractivity contribution is 6.73. The number of nitrogens with zero attached hydrogens (tertiary/aromatic N) is 3. The average Bonchev–Trinajstić information content (AvgIpc) is 0.792. The van der Waals surface area contributed by atoms with Crippen LogP contribution in [0.15, 0.2) is 34.3 Å². The van der Waals surface area contributed by atoms with Gasteiger partial charge < -0.3 is 90.0 Å². The molecule has 29 nitrogen and oxygen atoms in total. The van der Waals surface area contributed by atoms with Crippen LogP contribution in [0.2, 0.25) is 115 Å². The molecule has 0 heterocycles. The fourth-order valence-corrected chi connectivity index (χ4v) is 34.0. The van der Waals surface area contributed by atoms with E-state index in [1.165, 1.54) is 44.6 Å². The maximum absolute atomic E-state index is 12.6. The van der Waals surface area contributed by atoms with Crippen molar-refractivity contribution in [2.75, 3.05) is 99.0 Å². The number of rotatable bonds is 58. The zero-order chi connectivity index (χ0) is 100. The summed E-state index contributed by atoms with van der Waals surface area (Å²) >= 11 is 0. The van der Waals surface area contributed by atoms with Crippen LogP contribution < -0.4 is 10.6 Å². The Bertz CT molecular complexity index is 3400. The Morgan fingerprint density at radius 3 is 1.09 bits per heavy atom. The second kappa shape index (κ2) is 67.6. The van der Waals surface area contributed by atoms with E-state index in [-0.39, 0.29) is 126 Å². The van der Waals surface area contributed by atoms with E-state index in [0.29, 0.717) is 70.3 Å². The molecule has 0 bridgehead atoms. The molecule has 3 rings (SSSR count). The third-order valence-corrected chi connectivity index (χ3v) is 37.9. The molecule has 0 saturated heterocycles. The third kappa shape index (κ3) is 72.3. The van der Waals surface area contributed by atoms with Gasteiger partial charge in [0.15, 0.2) is 49.9 Å². The molecule has 3 aliphatic carbocycles. The molecular weight excluding hydrogens is 1800 g/mol. The fraction of sp³-hybridized carbons (Fsp3) is 0.878. The van der Waals surface area contributed by atoms with Gasteiger partial charge in [-0.2, -0.15) is 5.26 Å². The van der Waals surface area contributed by atoms with E-state index in [0.717, 1.165) is 114 Å². The Hall–Kier alpha value is -4.66. The van der Waals surface area contributed by atoms with Crippen molar-refractivity contribution < 1.29 is 113 Å². The summed E-state index contributed by atoms with van der Waals surface area (Å²) in [6.45, 7) is 75.4. The molecular formula is C98H197N5O24Si6. The van der Waals surface area contributed by atoms with Crippen molar-refractivity contribution in [3.05, 3.63) is 24.3 Å². The third-order valence-electron chi connectivity index (χ3n) is 22.3. The molecule has 133 heavy (non-hydrogen) atoms. The van der Waals surface area contributed by atoms with E-state index in [2.05, 4.69) is 214 Å². The molecule has 6 atom stereocenters. The highest BCUT2D eigenvalue weighted by atomic mass is 28.4. The minimum absolute atomic E-state index is 0. The second-order valence-electron chi connectivity index (χ2n) is 43.5. The largest absolute Gasteiger partial charge is 0.462 e. The maximum Gasteiger partial charge on any atom is 0.407 e. The smallest absolute Gasteiger partial charge is 0.407 e. The number of alkyl carbamates (subject to hydrolysis) is 2. The molecule has 782 valence electrons. The Morgan fingerprint density at radius 1 is 0.436 bits per heavy atom. The first kappa shape index (κ1) is 137. The molecule has 3 aliphatic rings. The SMILES string of the molecule is C.C.C.C=C(C)C(=O)OCCO.C=C(C)C(=O)OCCOC(=O)CCC1(C)CC(NC(=O)OCCOCCC[Si](C)(C)OC(C)(C)O[Si](C)(C)CCCC)CC(C)(C)C1.CC1(CN=C=O)CCCC(OC#N)C1.CCCC[Si](C)(C)OC(C)(C)O[Si](C)(C)CCCOCCO.CCCC[Si](C)(C)OC(C)(C)O[Si](C)(C)CCCOCCOC(=O)NC1CC(C)(C)CC(C)(CN=C=O)C1. The molecule has 0 aromatic carbocycles. The lowest BCUT2D eigenvalue weighted by molar-refractivity contribution is -0.150. The summed E-state index contributed by atoms with van der Waals surface area (Å²) in [6, 6.07) is 6.38. The summed E-state index contributed by atoms with van der Waals surface area (Å²) in [6.07, 6.45) is 23.8.